The summed E-state index contributed by atoms with van der Waals surface area (Å²) < 4.78 is 2.07. The summed E-state index contributed by atoms with van der Waals surface area (Å²) in [6.45, 7) is 4.84. The molecule has 3 rings (SSSR count). The number of carbonyl (C=O) groups is 1. The van der Waals surface area contributed by atoms with Crippen LogP contribution >= 0.6 is 11.8 Å². The fourth-order valence-corrected chi connectivity index (χ4v) is 3.52. The highest BCUT2D eigenvalue weighted by Crippen LogP contribution is 2.19. The molecule has 0 aliphatic carbocycles. The van der Waals surface area contributed by atoms with Crippen molar-refractivity contribution in [1.29, 1.82) is 0 Å². The number of aromatic nitrogens is 3. The molecule has 3 aromatic rings. The molecule has 0 unspecified atom stereocenters. The van der Waals surface area contributed by atoms with Gasteiger partial charge in [-0.3, -0.25) is 4.79 Å². The number of anilines is 1. The van der Waals surface area contributed by atoms with Crippen LogP contribution in [-0.4, -0.2) is 26.4 Å². The fraction of sp³-hybridized carbons (Fsp3) is 0.250. The molecule has 6 heteroatoms. The van der Waals surface area contributed by atoms with Crippen LogP contribution in [0.4, 0.5) is 5.69 Å². The minimum absolute atomic E-state index is 0.0455. The average molecular weight is 366 g/mol. The Morgan fingerprint density at radius 3 is 2.65 bits per heavy atom. The molecule has 1 aromatic heterocycles. The highest BCUT2D eigenvalue weighted by molar-refractivity contribution is 7.99. The summed E-state index contributed by atoms with van der Waals surface area (Å²) in [5.41, 5.74) is 3.13. The third-order valence-electron chi connectivity index (χ3n) is 3.95. The van der Waals surface area contributed by atoms with Crippen LogP contribution in [0.15, 0.2) is 59.8 Å². The van der Waals surface area contributed by atoms with E-state index in [0.29, 0.717) is 5.75 Å². The van der Waals surface area contributed by atoms with E-state index in [1.165, 1.54) is 17.3 Å². The zero-order valence-corrected chi connectivity index (χ0v) is 15.8. The summed E-state index contributed by atoms with van der Waals surface area (Å²) in [7, 11) is 0. The van der Waals surface area contributed by atoms with Gasteiger partial charge in [0.25, 0.3) is 0 Å². The van der Waals surface area contributed by atoms with E-state index in [2.05, 4.69) is 39.1 Å². The van der Waals surface area contributed by atoms with E-state index in [9.17, 15) is 4.79 Å². The zero-order valence-electron chi connectivity index (χ0n) is 15.0. The molecule has 26 heavy (non-hydrogen) atoms. The Balaban J connectivity index is 1.62. The molecule has 0 saturated carbocycles. The van der Waals surface area contributed by atoms with E-state index >= 15 is 0 Å². The first-order valence-corrected chi connectivity index (χ1v) is 9.59. The molecule has 0 fully saturated rings. The van der Waals surface area contributed by atoms with Crippen molar-refractivity contribution in [3.8, 4) is 0 Å². The number of aryl methyl sites for hydroxylation is 1. The normalized spacial score (nSPS) is 10.7. The van der Waals surface area contributed by atoms with E-state index in [1.54, 1.807) is 0 Å². The van der Waals surface area contributed by atoms with E-state index in [1.807, 2.05) is 49.4 Å². The average Bonchev–Trinajstić information content (AvgIpc) is 3.02. The topological polar surface area (TPSA) is 59.8 Å². The van der Waals surface area contributed by atoms with Gasteiger partial charge in [-0.1, -0.05) is 54.2 Å². The number of thioether (sulfide) groups is 1. The van der Waals surface area contributed by atoms with Gasteiger partial charge in [-0.05, 0) is 37.1 Å². The summed E-state index contributed by atoms with van der Waals surface area (Å²) in [6, 6.07) is 18.0. The molecule has 1 N–H and O–H groups in total. The fourth-order valence-electron chi connectivity index (χ4n) is 2.70. The number of rotatable bonds is 7. The van der Waals surface area contributed by atoms with Crippen LogP contribution in [0.2, 0.25) is 0 Å². The van der Waals surface area contributed by atoms with Crippen molar-refractivity contribution < 1.29 is 4.79 Å². The highest BCUT2D eigenvalue weighted by Gasteiger charge is 2.13. The molecule has 0 saturated heterocycles. The van der Waals surface area contributed by atoms with E-state index in [-0.39, 0.29) is 5.91 Å². The Kier molecular flexibility index (Phi) is 6.07. The predicted octanol–water partition coefficient (Wildman–Crippen LogP) is 3.93. The van der Waals surface area contributed by atoms with Crippen molar-refractivity contribution >= 4 is 23.4 Å². The van der Waals surface area contributed by atoms with Crippen molar-refractivity contribution in [1.82, 2.24) is 14.8 Å². The standard InChI is InChI=1S/C20H22N4OS/c1-3-24-18(13-16-9-5-4-6-10-16)22-23-20(24)26-14-19(25)21-17-11-7-8-15(2)12-17/h4-12H,3,13-14H2,1-2H3,(H,21,25). The number of hydrogen-bond acceptors (Lipinski definition) is 4. The number of benzene rings is 2. The maximum Gasteiger partial charge on any atom is 0.234 e. The SMILES string of the molecule is CCn1c(Cc2ccccc2)nnc1SCC(=O)Nc1cccc(C)c1. The van der Waals surface area contributed by atoms with Crippen molar-refractivity contribution in [2.75, 3.05) is 11.1 Å². The minimum atomic E-state index is -0.0455. The van der Waals surface area contributed by atoms with E-state index in [0.717, 1.165) is 35.2 Å². The third-order valence-corrected chi connectivity index (χ3v) is 4.92. The number of nitrogens with one attached hydrogen (secondary N) is 1. The first-order chi connectivity index (χ1) is 12.7. The second kappa shape index (κ2) is 8.67. The molecule has 2 aromatic carbocycles. The Hall–Kier alpha value is -2.60. The molecular formula is C20H22N4OS. The Bertz CT molecular complexity index is 877. The molecular weight excluding hydrogens is 344 g/mol. The van der Waals surface area contributed by atoms with Gasteiger partial charge in [0.1, 0.15) is 5.82 Å². The van der Waals surface area contributed by atoms with Gasteiger partial charge in [0.05, 0.1) is 5.75 Å². The number of hydrogen-bond donors (Lipinski definition) is 1. The van der Waals surface area contributed by atoms with Gasteiger partial charge in [-0.25, -0.2) is 0 Å². The summed E-state index contributed by atoms with van der Waals surface area (Å²) >= 11 is 1.41. The van der Waals surface area contributed by atoms with Gasteiger partial charge in [0.15, 0.2) is 5.16 Å². The van der Waals surface area contributed by atoms with Crippen LogP contribution in [0.3, 0.4) is 0 Å². The smallest absolute Gasteiger partial charge is 0.234 e. The van der Waals surface area contributed by atoms with Crippen molar-refractivity contribution in [3.05, 3.63) is 71.5 Å². The number of nitrogens with zero attached hydrogens (tertiary/aromatic N) is 3. The van der Waals surface area contributed by atoms with Crippen LogP contribution in [0.25, 0.3) is 0 Å². The Morgan fingerprint density at radius 2 is 1.92 bits per heavy atom. The Morgan fingerprint density at radius 1 is 1.12 bits per heavy atom. The minimum Gasteiger partial charge on any atom is -0.325 e. The van der Waals surface area contributed by atoms with Crippen LogP contribution in [-0.2, 0) is 17.8 Å². The monoisotopic (exact) mass is 366 g/mol. The Labute approximate surface area is 157 Å². The van der Waals surface area contributed by atoms with Crippen LogP contribution in [0, 0.1) is 6.92 Å². The molecule has 0 bridgehead atoms. The van der Waals surface area contributed by atoms with Crippen LogP contribution in [0.1, 0.15) is 23.9 Å². The summed E-state index contributed by atoms with van der Waals surface area (Å²) in [4.78, 5) is 12.2. The molecule has 0 aliphatic rings. The summed E-state index contributed by atoms with van der Waals surface area (Å²) in [5.74, 6) is 1.17. The lowest BCUT2D eigenvalue weighted by Crippen LogP contribution is -2.14. The first kappa shape index (κ1) is 18.2. The van der Waals surface area contributed by atoms with Crippen LogP contribution < -0.4 is 5.32 Å². The van der Waals surface area contributed by atoms with Gasteiger partial charge in [-0.2, -0.15) is 0 Å². The van der Waals surface area contributed by atoms with Gasteiger partial charge >= 0.3 is 0 Å². The molecule has 134 valence electrons. The predicted molar refractivity (Wildman–Crippen MR) is 105 cm³/mol. The number of amides is 1. The number of carbonyl (C=O) groups excluding carboxylic acids is 1. The van der Waals surface area contributed by atoms with Crippen molar-refractivity contribution in [2.45, 2.75) is 32.0 Å². The second-order valence-corrected chi connectivity index (χ2v) is 6.95. The third kappa shape index (κ3) is 4.73. The quantitative estimate of drug-likeness (QED) is 0.644. The van der Waals surface area contributed by atoms with Crippen molar-refractivity contribution in [3.63, 3.8) is 0 Å². The molecule has 5 nitrogen and oxygen atoms in total. The first-order valence-electron chi connectivity index (χ1n) is 8.61. The van der Waals surface area contributed by atoms with Gasteiger partial charge in [0, 0.05) is 18.7 Å². The highest BCUT2D eigenvalue weighted by atomic mass is 32.2. The lowest BCUT2D eigenvalue weighted by molar-refractivity contribution is -0.113. The van der Waals surface area contributed by atoms with Gasteiger partial charge in [-0.15, -0.1) is 10.2 Å². The maximum absolute atomic E-state index is 12.2. The zero-order chi connectivity index (χ0) is 18.4. The second-order valence-electron chi connectivity index (χ2n) is 6.01. The van der Waals surface area contributed by atoms with E-state index in [4.69, 9.17) is 0 Å². The summed E-state index contributed by atoms with van der Waals surface area (Å²) in [6.07, 6.45) is 0.734. The van der Waals surface area contributed by atoms with Gasteiger partial charge < -0.3 is 9.88 Å². The van der Waals surface area contributed by atoms with Crippen molar-refractivity contribution in [2.24, 2.45) is 0 Å². The molecule has 0 spiro atoms. The lowest BCUT2D eigenvalue weighted by Gasteiger charge is -2.08. The van der Waals surface area contributed by atoms with E-state index < -0.39 is 0 Å². The molecule has 0 aliphatic heterocycles. The molecule has 0 radical (unpaired) electrons. The molecule has 1 heterocycles. The largest absolute Gasteiger partial charge is 0.325 e. The van der Waals surface area contributed by atoms with Gasteiger partial charge in [0.2, 0.25) is 5.91 Å². The summed E-state index contributed by atoms with van der Waals surface area (Å²) in [5, 5.41) is 12.3. The molecule has 1 amide bonds. The lowest BCUT2D eigenvalue weighted by atomic mass is 10.1. The van der Waals surface area contributed by atoms with Crippen LogP contribution in [0.5, 0.6) is 0 Å². The molecule has 0 atom stereocenters. The maximum atomic E-state index is 12.2.